The molecular weight excluding hydrogens is 611 g/mol. The lowest BCUT2D eigenvalue weighted by molar-refractivity contribution is -0.123. The van der Waals surface area contributed by atoms with E-state index in [1.54, 1.807) is 48.5 Å². The van der Waals surface area contributed by atoms with E-state index in [1.807, 2.05) is 0 Å². The number of rotatable bonds is 6. The van der Waals surface area contributed by atoms with Gasteiger partial charge in [-0.15, -0.1) is 0 Å². The Labute approximate surface area is 261 Å². The number of carbonyl (C=O) groups excluding carboxylic acids is 4. The maximum Gasteiger partial charge on any atom is 0.339 e. The highest BCUT2D eigenvalue weighted by atomic mass is 35.5. The number of hydrogen-bond donors (Lipinski definition) is 0. The molecule has 216 valence electrons. The summed E-state index contributed by atoms with van der Waals surface area (Å²) in [4.78, 5) is 58.6. The van der Waals surface area contributed by atoms with E-state index < -0.39 is 18.4 Å². The van der Waals surface area contributed by atoms with Crippen LogP contribution in [0.15, 0.2) is 66.7 Å². The summed E-state index contributed by atoms with van der Waals surface area (Å²) in [6.45, 7) is -0.532. The van der Waals surface area contributed by atoms with E-state index in [-0.39, 0.29) is 39.8 Å². The first-order valence-electron chi connectivity index (χ1n) is 13.9. The van der Waals surface area contributed by atoms with Gasteiger partial charge in [-0.05, 0) is 85.7 Å². The number of carbonyl (C=O) groups is 4. The molecule has 43 heavy (non-hydrogen) atoms. The second-order valence-corrected chi connectivity index (χ2v) is 12.6. The van der Waals surface area contributed by atoms with Crippen molar-refractivity contribution in [1.82, 2.24) is 4.98 Å². The van der Waals surface area contributed by atoms with Gasteiger partial charge in [0.1, 0.15) is 0 Å². The Kier molecular flexibility index (Phi) is 7.00. The van der Waals surface area contributed by atoms with E-state index in [0.29, 0.717) is 49.7 Å². The number of pyridine rings is 1. The third kappa shape index (κ3) is 4.80. The molecule has 0 spiro atoms. The first-order chi connectivity index (χ1) is 20.7. The van der Waals surface area contributed by atoms with Gasteiger partial charge in [0, 0.05) is 26.6 Å². The van der Waals surface area contributed by atoms with Crippen molar-refractivity contribution in [2.24, 2.45) is 23.7 Å². The predicted octanol–water partition coefficient (Wildman–Crippen LogP) is 7.44. The Hall–Kier alpha value is -3.78. The molecule has 7 rings (SSSR count). The van der Waals surface area contributed by atoms with Gasteiger partial charge in [0.15, 0.2) is 6.61 Å². The van der Waals surface area contributed by atoms with Crippen LogP contribution in [0.1, 0.15) is 40.0 Å². The van der Waals surface area contributed by atoms with Crippen LogP contribution in [0, 0.1) is 23.7 Å². The van der Waals surface area contributed by atoms with Crippen molar-refractivity contribution in [3.8, 4) is 11.3 Å². The maximum atomic E-state index is 13.3. The fraction of sp³-hybridized carbons (Fsp3) is 0.242. The van der Waals surface area contributed by atoms with Crippen LogP contribution in [0.4, 0.5) is 5.69 Å². The van der Waals surface area contributed by atoms with Crippen LogP contribution >= 0.6 is 34.8 Å². The van der Waals surface area contributed by atoms with Gasteiger partial charge in [-0.25, -0.2) is 9.78 Å². The van der Waals surface area contributed by atoms with Gasteiger partial charge in [0.2, 0.25) is 17.6 Å². The Morgan fingerprint density at radius 2 is 1.47 bits per heavy atom. The van der Waals surface area contributed by atoms with Gasteiger partial charge < -0.3 is 4.74 Å². The van der Waals surface area contributed by atoms with Crippen molar-refractivity contribution in [3.05, 3.63) is 92.9 Å². The molecule has 3 aromatic carbocycles. The molecule has 1 aromatic heterocycles. The first-order valence-corrected chi connectivity index (χ1v) is 15.1. The van der Waals surface area contributed by atoms with Gasteiger partial charge in [-0.1, -0.05) is 46.9 Å². The monoisotopic (exact) mass is 632 g/mol. The summed E-state index contributed by atoms with van der Waals surface area (Å²) in [6.07, 6.45) is 3.01. The molecule has 3 aliphatic rings. The number of ether oxygens (including phenoxy) is 1. The molecule has 0 radical (unpaired) electrons. The van der Waals surface area contributed by atoms with Crippen LogP contribution in [-0.2, 0) is 14.3 Å². The third-order valence-electron chi connectivity index (χ3n) is 8.91. The van der Waals surface area contributed by atoms with Crippen molar-refractivity contribution in [3.63, 3.8) is 0 Å². The molecule has 1 aliphatic heterocycles. The molecule has 2 saturated carbocycles. The lowest BCUT2D eigenvalue weighted by Gasteiger charge is -2.19. The van der Waals surface area contributed by atoms with Gasteiger partial charge in [0.05, 0.1) is 39.3 Å². The fourth-order valence-corrected chi connectivity index (χ4v) is 7.65. The summed E-state index contributed by atoms with van der Waals surface area (Å²) in [5.74, 6) is -1.20. The largest absolute Gasteiger partial charge is 0.454 e. The number of anilines is 1. The van der Waals surface area contributed by atoms with Crippen LogP contribution in [-0.4, -0.2) is 35.2 Å². The minimum absolute atomic E-state index is 0.102. The molecule has 2 heterocycles. The van der Waals surface area contributed by atoms with E-state index in [2.05, 4.69) is 0 Å². The minimum atomic E-state index is -0.736. The van der Waals surface area contributed by atoms with E-state index >= 15 is 0 Å². The quantitative estimate of drug-likeness (QED) is 0.125. The highest BCUT2D eigenvalue weighted by Gasteiger charge is 2.61. The molecule has 4 unspecified atom stereocenters. The molecule has 4 aromatic rings. The van der Waals surface area contributed by atoms with Crippen LogP contribution in [0.25, 0.3) is 22.2 Å². The third-order valence-corrected chi connectivity index (χ3v) is 9.69. The van der Waals surface area contributed by atoms with Crippen molar-refractivity contribution >= 4 is 75.0 Å². The summed E-state index contributed by atoms with van der Waals surface area (Å²) in [7, 11) is 0. The van der Waals surface area contributed by atoms with Crippen molar-refractivity contribution in [1.29, 1.82) is 0 Å². The van der Waals surface area contributed by atoms with Gasteiger partial charge in [-0.2, -0.15) is 0 Å². The fourth-order valence-electron chi connectivity index (χ4n) is 6.96. The van der Waals surface area contributed by atoms with E-state index in [9.17, 15) is 19.2 Å². The highest BCUT2D eigenvalue weighted by molar-refractivity contribution is 6.37. The Balaban J connectivity index is 1.16. The number of aromatic nitrogens is 1. The van der Waals surface area contributed by atoms with Crippen LogP contribution < -0.4 is 4.90 Å². The summed E-state index contributed by atoms with van der Waals surface area (Å²) in [5.41, 5.74) is 2.52. The number of hydrogen-bond acceptors (Lipinski definition) is 6. The van der Waals surface area contributed by atoms with E-state index in [1.165, 1.54) is 23.1 Å². The summed E-state index contributed by atoms with van der Waals surface area (Å²) < 4.78 is 5.40. The number of fused-ring (bicyclic) bond motifs is 6. The summed E-state index contributed by atoms with van der Waals surface area (Å²) >= 11 is 18.3. The van der Waals surface area contributed by atoms with E-state index in [4.69, 9.17) is 44.5 Å². The number of Topliss-reactive ketones (excluding diaryl/α,β-unsaturated/α-hetero) is 1. The molecule has 7 nitrogen and oxygen atoms in total. The number of nitrogens with zero attached hydrogens (tertiary/aromatic N) is 2. The maximum absolute atomic E-state index is 13.3. The second-order valence-electron chi connectivity index (χ2n) is 11.3. The van der Waals surface area contributed by atoms with Crippen molar-refractivity contribution < 1.29 is 23.9 Å². The molecule has 3 fully saturated rings. The number of imide groups is 1. The van der Waals surface area contributed by atoms with Crippen LogP contribution in [0.3, 0.4) is 0 Å². The topological polar surface area (TPSA) is 93.6 Å². The number of esters is 1. The summed E-state index contributed by atoms with van der Waals surface area (Å²) in [6, 6.07) is 18.0. The Bertz CT molecular complexity index is 1830. The van der Waals surface area contributed by atoms with Gasteiger partial charge in [-0.3, -0.25) is 19.3 Å². The number of benzene rings is 3. The molecule has 10 heteroatoms. The smallest absolute Gasteiger partial charge is 0.339 e. The first kappa shape index (κ1) is 28.0. The average Bonchev–Trinajstić information content (AvgIpc) is 3.68. The minimum Gasteiger partial charge on any atom is -0.454 e. The molecule has 2 aliphatic carbocycles. The van der Waals surface area contributed by atoms with Crippen molar-refractivity contribution in [2.75, 3.05) is 11.5 Å². The molecule has 4 atom stereocenters. The SMILES string of the molecule is O=C(COC(=O)c1cc(-c2ccc(N3C(=O)C4C5CCC(C5)C4C3=O)cc2)nc2ccc(Cl)cc12)c1ccc(Cl)cc1Cl. The zero-order valence-electron chi connectivity index (χ0n) is 22.6. The number of halogens is 3. The van der Waals surface area contributed by atoms with Gasteiger partial charge >= 0.3 is 5.97 Å². The Morgan fingerprint density at radius 3 is 2.14 bits per heavy atom. The molecule has 0 N–H and O–H groups in total. The van der Waals surface area contributed by atoms with Crippen LogP contribution in [0.5, 0.6) is 0 Å². The lowest BCUT2D eigenvalue weighted by atomic mass is 9.81. The predicted molar refractivity (Wildman–Crippen MR) is 164 cm³/mol. The number of ketones is 1. The number of amides is 2. The lowest BCUT2D eigenvalue weighted by Crippen LogP contribution is -2.32. The van der Waals surface area contributed by atoms with E-state index in [0.717, 1.165) is 19.3 Å². The standard InChI is InChI=1S/C33H23Cl3N2O5/c34-19-6-10-26-23(12-19)24(33(42)43-15-28(39)22-9-5-20(35)13-25(22)36)14-27(37-26)16-3-7-21(8-4-16)38-31(40)29-17-1-2-18(11-17)30(29)32(38)41/h3-10,12-14,17-18,29-30H,1-2,11,15H2. The van der Waals surface area contributed by atoms with Gasteiger partial charge in [0.25, 0.3) is 0 Å². The molecule has 2 amide bonds. The normalized spacial score (nSPS) is 22.3. The highest BCUT2D eigenvalue weighted by Crippen LogP contribution is 2.56. The average molecular weight is 634 g/mol. The zero-order valence-corrected chi connectivity index (χ0v) is 24.8. The molecule has 2 bridgehead atoms. The summed E-state index contributed by atoms with van der Waals surface area (Å²) in [5, 5.41) is 1.41. The molecule has 1 saturated heterocycles. The Morgan fingerprint density at radius 1 is 0.814 bits per heavy atom. The van der Waals surface area contributed by atoms with Crippen molar-refractivity contribution in [2.45, 2.75) is 19.3 Å². The molecular formula is C33H23Cl3N2O5. The van der Waals surface area contributed by atoms with Crippen LogP contribution in [0.2, 0.25) is 15.1 Å². The zero-order chi connectivity index (χ0) is 30.0. The second kappa shape index (κ2) is 10.7.